The molecule has 0 amide bonds. The van der Waals surface area contributed by atoms with Crippen molar-refractivity contribution in [1.29, 1.82) is 0 Å². The number of carboxylic acids is 1. The van der Waals surface area contributed by atoms with Gasteiger partial charge in [0, 0.05) is 23.2 Å². The first-order chi connectivity index (χ1) is 9.77. The first-order valence-electron chi connectivity index (χ1n) is 8.64. The molecule has 2 nitrogen and oxygen atoms in total. The summed E-state index contributed by atoms with van der Waals surface area (Å²) in [6, 6.07) is 0. The van der Waals surface area contributed by atoms with Crippen LogP contribution in [0.5, 0.6) is 0 Å². The number of allylic oxidation sites excluding steroid dienone is 2. The van der Waals surface area contributed by atoms with E-state index < -0.39 is 5.97 Å². The molecule has 129 valence electrons. The van der Waals surface area contributed by atoms with Gasteiger partial charge in [0.25, 0.3) is 0 Å². The van der Waals surface area contributed by atoms with E-state index in [2.05, 4.69) is 19.1 Å². The second-order valence-electron chi connectivity index (χ2n) is 5.73. The Hall–Kier alpha value is 0.314. The van der Waals surface area contributed by atoms with Crippen LogP contribution in [0.25, 0.3) is 0 Å². The molecule has 0 heterocycles. The fraction of sp³-hybridized carbons (Fsp3) is 0.833. The van der Waals surface area contributed by atoms with E-state index >= 15 is 0 Å². The van der Waals surface area contributed by atoms with Crippen molar-refractivity contribution in [1.82, 2.24) is 0 Å². The Balaban J connectivity index is -0.000000602. The van der Waals surface area contributed by atoms with E-state index in [-0.39, 0.29) is 37.1 Å². The quantitative estimate of drug-likeness (QED) is 0.280. The normalized spacial score (nSPS) is 10.2. The summed E-state index contributed by atoms with van der Waals surface area (Å²) in [5, 5.41) is 8.51. The van der Waals surface area contributed by atoms with Gasteiger partial charge in [0.2, 0.25) is 0 Å². The minimum absolute atomic E-state index is 0. The van der Waals surface area contributed by atoms with Crippen molar-refractivity contribution >= 4 is 5.97 Å². The third-order valence-electron chi connectivity index (χ3n) is 3.65. The largest absolute Gasteiger partial charge is 1.00 e. The van der Waals surface area contributed by atoms with E-state index in [1.807, 2.05) is 0 Å². The molecule has 4 heteroatoms. The average molecular weight is 349 g/mol. The van der Waals surface area contributed by atoms with Gasteiger partial charge in [-0.05, 0) is 32.1 Å². The molecule has 0 aromatic heterocycles. The van der Waals surface area contributed by atoms with E-state index in [9.17, 15) is 4.79 Å². The molecule has 0 aliphatic rings. The summed E-state index contributed by atoms with van der Waals surface area (Å²) in [6.45, 7) is 2.26. The van der Waals surface area contributed by atoms with Crippen LogP contribution in [0, 0.1) is 0 Å². The maximum Gasteiger partial charge on any atom is 1.00 e. The molecule has 0 atom stereocenters. The summed E-state index contributed by atoms with van der Waals surface area (Å²) in [4.78, 5) is 10.3. The van der Waals surface area contributed by atoms with Crippen molar-refractivity contribution < 1.29 is 47.0 Å². The molecular formula is C18H35CoLiO2. The zero-order chi connectivity index (χ0) is 14.9. The second-order valence-corrected chi connectivity index (χ2v) is 5.73. The predicted molar refractivity (Wildman–Crippen MR) is 88.2 cm³/mol. The Morgan fingerprint density at radius 2 is 1.23 bits per heavy atom. The molecule has 0 saturated heterocycles. The summed E-state index contributed by atoms with van der Waals surface area (Å²) in [6.07, 6.45) is 21.2. The maximum absolute atomic E-state index is 10.3. The Labute approximate surface area is 161 Å². The Kier molecular flexibility index (Phi) is 29.1. The molecule has 0 aliphatic heterocycles. The third-order valence-corrected chi connectivity index (χ3v) is 3.65. The number of carbonyl (C=O) groups is 1. The van der Waals surface area contributed by atoms with Crippen molar-refractivity contribution in [3.05, 3.63) is 12.2 Å². The van der Waals surface area contributed by atoms with Gasteiger partial charge in [-0.25, -0.2) is 0 Å². The molecule has 0 aromatic carbocycles. The minimum atomic E-state index is -0.664. The number of carboxylic acid groups (broad SMARTS) is 1. The second kappa shape index (κ2) is 23.6. The first kappa shape index (κ1) is 27.2. The van der Waals surface area contributed by atoms with Crippen LogP contribution in [0.15, 0.2) is 12.2 Å². The van der Waals surface area contributed by atoms with Crippen LogP contribution in [0.1, 0.15) is 98.2 Å². The maximum atomic E-state index is 10.3. The van der Waals surface area contributed by atoms with Gasteiger partial charge in [-0.2, -0.15) is 0 Å². The van der Waals surface area contributed by atoms with Crippen LogP contribution in [0.4, 0.5) is 0 Å². The molecule has 0 saturated carbocycles. The summed E-state index contributed by atoms with van der Waals surface area (Å²) >= 11 is 0. The van der Waals surface area contributed by atoms with Gasteiger partial charge in [0.15, 0.2) is 0 Å². The standard InChI is InChI=1S/C18H34O2.Co.Li.H/c1-2-3-4-5-6-7-8-9-10-11-12-13-14-15-16-17-18(19)20;;;/h9-10H,2-8,11-17H2,1H3,(H,19,20);;;/q;;+1;-1/b10-9-;;;. The van der Waals surface area contributed by atoms with Gasteiger partial charge < -0.3 is 6.53 Å². The average Bonchev–Trinajstić information content (AvgIpc) is 2.43. The van der Waals surface area contributed by atoms with E-state index in [0.717, 1.165) is 12.8 Å². The van der Waals surface area contributed by atoms with Crippen LogP contribution in [-0.2, 0) is 21.6 Å². The summed E-state index contributed by atoms with van der Waals surface area (Å²) < 4.78 is 0. The SMILES string of the molecule is CCCCCCCC/C=C\CCCCCCCC(=O)O.[Co].[H-].[Li+]. The number of aliphatic carboxylic acids is 1. The Morgan fingerprint density at radius 3 is 1.68 bits per heavy atom. The van der Waals surface area contributed by atoms with Gasteiger partial charge in [-0.15, -0.1) is 0 Å². The van der Waals surface area contributed by atoms with Crippen molar-refractivity contribution in [2.45, 2.75) is 96.8 Å². The van der Waals surface area contributed by atoms with Gasteiger partial charge in [0.1, 0.15) is 0 Å². The van der Waals surface area contributed by atoms with Crippen LogP contribution < -0.4 is 18.9 Å². The fourth-order valence-corrected chi connectivity index (χ4v) is 2.35. The zero-order valence-corrected chi connectivity index (χ0v) is 15.8. The summed E-state index contributed by atoms with van der Waals surface area (Å²) in [5.74, 6) is -0.664. The fourth-order valence-electron chi connectivity index (χ4n) is 2.35. The van der Waals surface area contributed by atoms with Gasteiger partial charge in [-0.1, -0.05) is 70.4 Å². The van der Waals surface area contributed by atoms with Crippen molar-refractivity contribution in [2.75, 3.05) is 0 Å². The minimum Gasteiger partial charge on any atom is -1.00 e. The van der Waals surface area contributed by atoms with Crippen LogP contribution in [-0.4, -0.2) is 11.1 Å². The molecule has 0 bridgehead atoms. The molecule has 1 radical (unpaired) electrons. The topological polar surface area (TPSA) is 37.3 Å². The summed E-state index contributed by atoms with van der Waals surface area (Å²) in [5.41, 5.74) is 0. The Morgan fingerprint density at radius 1 is 0.818 bits per heavy atom. The van der Waals surface area contributed by atoms with Crippen LogP contribution in [0.3, 0.4) is 0 Å². The number of hydrogen-bond acceptors (Lipinski definition) is 1. The number of rotatable bonds is 15. The van der Waals surface area contributed by atoms with E-state index in [1.54, 1.807) is 0 Å². The monoisotopic (exact) mass is 349 g/mol. The van der Waals surface area contributed by atoms with Gasteiger partial charge in [0.05, 0.1) is 0 Å². The van der Waals surface area contributed by atoms with Crippen LogP contribution >= 0.6 is 0 Å². The molecule has 22 heavy (non-hydrogen) atoms. The molecule has 0 spiro atoms. The molecule has 0 unspecified atom stereocenters. The first-order valence-corrected chi connectivity index (χ1v) is 8.64. The molecule has 1 N–H and O–H groups in total. The molecular weight excluding hydrogens is 314 g/mol. The molecule has 0 rings (SSSR count). The molecule has 0 aliphatic carbocycles. The van der Waals surface area contributed by atoms with E-state index in [1.165, 1.54) is 70.6 Å². The Bertz CT molecular complexity index is 251. The molecule has 0 fully saturated rings. The number of unbranched alkanes of at least 4 members (excludes halogenated alkanes) is 11. The predicted octanol–water partition coefficient (Wildman–Crippen LogP) is 3.22. The van der Waals surface area contributed by atoms with Gasteiger partial charge >= 0.3 is 24.8 Å². The zero-order valence-electron chi connectivity index (χ0n) is 15.7. The third kappa shape index (κ3) is 25.3. The molecule has 0 aromatic rings. The van der Waals surface area contributed by atoms with Crippen molar-refractivity contribution in [3.8, 4) is 0 Å². The van der Waals surface area contributed by atoms with Crippen molar-refractivity contribution in [2.24, 2.45) is 0 Å². The van der Waals surface area contributed by atoms with E-state index in [0.29, 0.717) is 6.42 Å². The number of hydrogen-bond donors (Lipinski definition) is 1. The van der Waals surface area contributed by atoms with Crippen LogP contribution in [0.2, 0.25) is 0 Å². The van der Waals surface area contributed by atoms with Crippen molar-refractivity contribution in [3.63, 3.8) is 0 Å². The summed E-state index contributed by atoms with van der Waals surface area (Å²) in [7, 11) is 0. The van der Waals surface area contributed by atoms with E-state index in [4.69, 9.17) is 5.11 Å². The smallest absolute Gasteiger partial charge is 1.00 e. The van der Waals surface area contributed by atoms with Gasteiger partial charge in [-0.3, -0.25) is 4.79 Å².